The number of hydrogen-bond acceptors (Lipinski definition) is 2. The summed E-state index contributed by atoms with van der Waals surface area (Å²) in [6.07, 6.45) is 0. The molecule has 2 heterocycles. The molecule has 0 spiro atoms. The molecule has 2 aromatic rings. The van der Waals surface area contributed by atoms with E-state index in [0.29, 0.717) is 0 Å². The van der Waals surface area contributed by atoms with Gasteiger partial charge in [0, 0.05) is 5.56 Å². The first-order valence-corrected chi connectivity index (χ1v) is 7.31. The van der Waals surface area contributed by atoms with Gasteiger partial charge < -0.3 is 0 Å². The van der Waals surface area contributed by atoms with Crippen LogP contribution in [0.4, 0.5) is 0 Å². The molecule has 0 saturated heterocycles. The number of ketones is 1. The second-order valence-electron chi connectivity index (χ2n) is 5.88. The smallest absolute Gasteiger partial charge is 0.184 e. The number of benzene rings is 2. The van der Waals surface area contributed by atoms with Crippen LogP contribution in [0.1, 0.15) is 34.5 Å². The standard InChI is InChI=1S/C19H17NO/c1-12-16(13-8-4-3-5-9-13)18-19(21)15-11-7-6-10-14(15)17(12)20(18)2/h3-11,17-18H,1-2H3/t17-,18+/m0/s1. The van der Waals surface area contributed by atoms with Gasteiger partial charge in [0.1, 0.15) is 6.04 Å². The number of carbonyl (C=O) groups excluding carboxylic acids is 1. The summed E-state index contributed by atoms with van der Waals surface area (Å²) >= 11 is 0. The molecule has 0 aliphatic carbocycles. The summed E-state index contributed by atoms with van der Waals surface area (Å²) < 4.78 is 0. The Balaban J connectivity index is 1.96. The van der Waals surface area contributed by atoms with E-state index in [1.54, 1.807) is 0 Å². The van der Waals surface area contributed by atoms with E-state index < -0.39 is 0 Å². The van der Waals surface area contributed by atoms with Crippen LogP contribution in [-0.2, 0) is 0 Å². The molecule has 0 radical (unpaired) electrons. The lowest BCUT2D eigenvalue weighted by molar-refractivity contribution is 0.0864. The van der Waals surface area contributed by atoms with Gasteiger partial charge in [0.25, 0.3) is 0 Å². The molecule has 0 fully saturated rings. The van der Waals surface area contributed by atoms with E-state index in [4.69, 9.17) is 0 Å². The van der Waals surface area contributed by atoms with Gasteiger partial charge in [-0.25, -0.2) is 0 Å². The normalized spacial score (nSPS) is 24.4. The van der Waals surface area contributed by atoms with Crippen LogP contribution in [0.5, 0.6) is 0 Å². The number of rotatable bonds is 1. The third-order valence-electron chi connectivity index (χ3n) is 4.78. The second kappa shape index (κ2) is 4.40. The molecule has 2 heteroatoms. The molecule has 2 aliphatic rings. The molecule has 0 unspecified atom stereocenters. The number of carbonyl (C=O) groups is 1. The van der Waals surface area contributed by atoms with E-state index in [-0.39, 0.29) is 17.9 Å². The fourth-order valence-electron chi connectivity index (χ4n) is 3.90. The maximum Gasteiger partial charge on any atom is 0.184 e. The fourth-order valence-corrected chi connectivity index (χ4v) is 3.90. The molecular weight excluding hydrogens is 258 g/mol. The van der Waals surface area contributed by atoms with Crippen LogP contribution in [0.3, 0.4) is 0 Å². The minimum atomic E-state index is -0.146. The van der Waals surface area contributed by atoms with E-state index in [1.807, 2.05) is 36.4 Å². The van der Waals surface area contributed by atoms with Crippen molar-refractivity contribution in [2.75, 3.05) is 7.05 Å². The monoisotopic (exact) mass is 275 g/mol. The van der Waals surface area contributed by atoms with E-state index in [1.165, 1.54) is 11.1 Å². The van der Waals surface area contributed by atoms with Gasteiger partial charge in [-0.2, -0.15) is 0 Å². The zero-order chi connectivity index (χ0) is 14.6. The Morgan fingerprint density at radius 2 is 1.57 bits per heavy atom. The third kappa shape index (κ3) is 1.60. The highest BCUT2D eigenvalue weighted by molar-refractivity contribution is 6.12. The number of likely N-dealkylation sites (N-methyl/N-ethyl adjacent to an activating group) is 1. The highest BCUT2D eigenvalue weighted by Crippen LogP contribution is 2.49. The van der Waals surface area contributed by atoms with E-state index in [2.05, 4.69) is 37.1 Å². The minimum absolute atomic E-state index is 0.146. The SMILES string of the molecule is CC1=C(c2ccccc2)[C@@H]2C(=O)c3ccccc3[C@H]1N2C. The molecule has 104 valence electrons. The number of nitrogens with zero attached hydrogens (tertiary/aromatic N) is 1. The fraction of sp³-hybridized carbons (Fsp3) is 0.211. The van der Waals surface area contributed by atoms with Crippen molar-refractivity contribution in [3.8, 4) is 0 Å². The Morgan fingerprint density at radius 1 is 0.905 bits per heavy atom. The van der Waals surface area contributed by atoms with Crippen LogP contribution < -0.4 is 0 Å². The van der Waals surface area contributed by atoms with Gasteiger partial charge in [-0.15, -0.1) is 0 Å². The summed E-state index contributed by atoms with van der Waals surface area (Å²) in [5.41, 5.74) is 5.67. The van der Waals surface area contributed by atoms with Crippen LogP contribution >= 0.6 is 0 Å². The predicted octanol–water partition coefficient (Wildman–Crippen LogP) is 3.71. The molecule has 0 amide bonds. The van der Waals surface area contributed by atoms with Crippen molar-refractivity contribution < 1.29 is 4.79 Å². The maximum atomic E-state index is 12.9. The first kappa shape index (κ1) is 12.5. The zero-order valence-electron chi connectivity index (χ0n) is 12.2. The summed E-state index contributed by atoms with van der Waals surface area (Å²) in [5.74, 6) is 0.222. The second-order valence-corrected chi connectivity index (χ2v) is 5.88. The summed E-state index contributed by atoms with van der Waals surface area (Å²) in [5, 5.41) is 0. The Labute approximate surface area is 124 Å². The maximum absolute atomic E-state index is 12.9. The van der Waals surface area contributed by atoms with Gasteiger partial charge in [-0.3, -0.25) is 9.69 Å². The zero-order valence-corrected chi connectivity index (χ0v) is 12.2. The lowest BCUT2D eigenvalue weighted by Crippen LogP contribution is -2.41. The van der Waals surface area contributed by atoms with Gasteiger partial charge in [0.15, 0.2) is 5.78 Å². The Kier molecular flexibility index (Phi) is 2.63. The lowest BCUT2D eigenvalue weighted by atomic mass is 9.89. The minimum Gasteiger partial charge on any atom is -0.292 e. The van der Waals surface area contributed by atoms with Crippen molar-refractivity contribution in [1.29, 1.82) is 0 Å². The van der Waals surface area contributed by atoms with Crippen molar-refractivity contribution in [3.63, 3.8) is 0 Å². The van der Waals surface area contributed by atoms with Crippen molar-refractivity contribution in [3.05, 3.63) is 76.9 Å². The van der Waals surface area contributed by atoms with Gasteiger partial charge in [0.05, 0.1) is 6.04 Å². The van der Waals surface area contributed by atoms with E-state index >= 15 is 0 Å². The van der Waals surface area contributed by atoms with Crippen LogP contribution in [-0.4, -0.2) is 23.8 Å². The molecule has 4 rings (SSSR count). The molecule has 2 aromatic carbocycles. The van der Waals surface area contributed by atoms with E-state index in [9.17, 15) is 4.79 Å². The van der Waals surface area contributed by atoms with Crippen LogP contribution in [0.25, 0.3) is 5.57 Å². The van der Waals surface area contributed by atoms with Gasteiger partial charge >= 0.3 is 0 Å². The largest absolute Gasteiger partial charge is 0.292 e. The number of Topliss-reactive ketones (excluding diaryl/α,β-unsaturated/α-hetero) is 1. The molecule has 0 saturated carbocycles. The molecule has 0 aromatic heterocycles. The predicted molar refractivity (Wildman–Crippen MR) is 84.1 cm³/mol. The van der Waals surface area contributed by atoms with Crippen molar-refractivity contribution in [2.45, 2.75) is 19.0 Å². The molecule has 21 heavy (non-hydrogen) atoms. The molecule has 2 aliphatic heterocycles. The number of hydrogen-bond donors (Lipinski definition) is 0. The van der Waals surface area contributed by atoms with Crippen LogP contribution in [0.15, 0.2) is 60.2 Å². The Bertz CT molecular complexity index is 760. The summed E-state index contributed by atoms with van der Waals surface area (Å²) in [4.78, 5) is 15.1. The summed E-state index contributed by atoms with van der Waals surface area (Å²) in [7, 11) is 2.06. The summed E-state index contributed by atoms with van der Waals surface area (Å²) in [6, 6.07) is 18.4. The lowest BCUT2D eigenvalue weighted by Gasteiger charge is -2.33. The topological polar surface area (TPSA) is 20.3 Å². The van der Waals surface area contributed by atoms with Crippen LogP contribution in [0, 0.1) is 0 Å². The van der Waals surface area contributed by atoms with Crippen molar-refractivity contribution in [1.82, 2.24) is 4.90 Å². The van der Waals surface area contributed by atoms with Gasteiger partial charge in [-0.1, -0.05) is 54.6 Å². The van der Waals surface area contributed by atoms with E-state index in [0.717, 1.165) is 16.7 Å². The molecule has 2 atom stereocenters. The molecular formula is C19H17NO. The third-order valence-corrected chi connectivity index (χ3v) is 4.78. The first-order chi connectivity index (χ1) is 10.2. The van der Waals surface area contributed by atoms with Crippen LogP contribution in [0.2, 0.25) is 0 Å². The summed E-state index contributed by atoms with van der Waals surface area (Å²) in [6.45, 7) is 2.17. The van der Waals surface area contributed by atoms with Crippen molar-refractivity contribution in [2.24, 2.45) is 0 Å². The van der Waals surface area contributed by atoms with Gasteiger partial charge in [-0.05, 0) is 36.2 Å². The average molecular weight is 275 g/mol. The Morgan fingerprint density at radius 3 is 2.33 bits per heavy atom. The highest BCUT2D eigenvalue weighted by Gasteiger charge is 2.46. The first-order valence-electron chi connectivity index (χ1n) is 7.31. The highest BCUT2D eigenvalue weighted by atomic mass is 16.1. The number of fused-ring (bicyclic) bond motifs is 4. The molecule has 0 N–H and O–H groups in total. The van der Waals surface area contributed by atoms with Crippen molar-refractivity contribution >= 4 is 11.4 Å². The molecule has 2 bridgehead atoms. The molecule has 2 nitrogen and oxygen atoms in total. The Hall–Kier alpha value is -2.19. The van der Waals surface area contributed by atoms with Gasteiger partial charge in [0.2, 0.25) is 0 Å². The quantitative estimate of drug-likeness (QED) is 0.790. The average Bonchev–Trinajstić information content (AvgIpc) is 2.72.